The summed E-state index contributed by atoms with van der Waals surface area (Å²) in [7, 11) is -8.83. The molecule has 0 radical (unpaired) electrons. The highest BCUT2D eigenvalue weighted by atomic mass is 32.2. The molecule has 2 aromatic carbocycles. The first-order chi connectivity index (χ1) is 13.0. The molecular formula is C17H17NO8S2. The Morgan fingerprint density at radius 1 is 0.893 bits per heavy atom. The molecule has 9 nitrogen and oxygen atoms in total. The maximum absolute atomic E-state index is 12.9. The van der Waals surface area contributed by atoms with Crippen LogP contribution in [0.3, 0.4) is 0 Å². The highest BCUT2D eigenvalue weighted by Crippen LogP contribution is 2.25. The van der Waals surface area contributed by atoms with E-state index in [1.54, 1.807) is 30.3 Å². The second-order valence-electron chi connectivity index (χ2n) is 5.57. The largest absolute Gasteiger partial charge is 0.459 e. The van der Waals surface area contributed by atoms with E-state index < -0.39 is 41.7 Å². The minimum Gasteiger partial charge on any atom is -0.442 e. The van der Waals surface area contributed by atoms with Gasteiger partial charge in [-0.25, -0.2) is 18.0 Å². The van der Waals surface area contributed by atoms with E-state index in [9.17, 15) is 26.4 Å². The molecule has 11 heteroatoms. The molecule has 0 unspecified atom stereocenters. The van der Waals surface area contributed by atoms with Crippen LogP contribution in [0.25, 0.3) is 0 Å². The van der Waals surface area contributed by atoms with Crippen LogP contribution in [0.5, 0.6) is 0 Å². The highest BCUT2D eigenvalue weighted by Gasteiger charge is 2.37. The molecule has 0 saturated heterocycles. The Morgan fingerprint density at radius 3 is 1.96 bits per heavy atom. The van der Waals surface area contributed by atoms with Gasteiger partial charge in [0, 0.05) is 13.2 Å². The minimum atomic E-state index is -4.88. The third kappa shape index (κ3) is 5.08. The van der Waals surface area contributed by atoms with Gasteiger partial charge in [-0.05, 0) is 22.2 Å². The fraction of sp³-hybridized carbons (Fsp3) is 0.176. The number of rotatable bonds is 5. The first kappa shape index (κ1) is 21.4. The van der Waals surface area contributed by atoms with Crippen molar-refractivity contribution < 1.29 is 36.0 Å². The number of carbonyl (C=O) groups excluding carboxylic acids is 2. The molecule has 0 aromatic heterocycles. The van der Waals surface area contributed by atoms with Gasteiger partial charge in [-0.15, -0.1) is 0 Å². The van der Waals surface area contributed by atoms with Gasteiger partial charge in [0.05, 0.1) is 4.90 Å². The van der Waals surface area contributed by atoms with E-state index in [1.807, 2.05) is 0 Å². The van der Waals surface area contributed by atoms with Crippen molar-refractivity contribution in [2.75, 3.05) is 6.26 Å². The molecule has 0 heterocycles. The lowest BCUT2D eigenvalue weighted by molar-refractivity contribution is -0.162. The first-order valence-corrected chi connectivity index (χ1v) is 11.1. The Labute approximate surface area is 162 Å². The number of benzene rings is 2. The monoisotopic (exact) mass is 427 g/mol. The topological polar surface area (TPSA) is 124 Å². The fourth-order valence-electron chi connectivity index (χ4n) is 2.13. The van der Waals surface area contributed by atoms with E-state index in [0.717, 1.165) is 25.3 Å². The molecule has 2 aromatic rings. The normalized spacial score (nSPS) is 11.5. The van der Waals surface area contributed by atoms with Crippen molar-refractivity contribution in [3.8, 4) is 0 Å². The third-order valence-corrected chi connectivity index (χ3v) is 6.17. The van der Waals surface area contributed by atoms with Gasteiger partial charge < -0.3 is 9.57 Å². The van der Waals surface area contributed by atoms with Gasteiger partial charge in [0.25, 0.3) is 0 Å². The second kappa shape index (κ2) is 8.40. The molecule has 0 saturated carbocycles. The average Bonchev–Trinajstić information content (AvgIpc) is 2.64. The van der Waals surface area contributed by atoms with E-state index >= 15 is 0 Å². The van der Waals surface area contributed by atoms with Crippen molar-refractivity contribution >= 4 is 31.9 Å². The summed E-state index contributed by atoms with van der Waals surface area (Å²) in [5.74, 6) is -1.11. The molecule has 0 atom stereocenters. The summed E-state index contributed by atoms with van der Waals surface area (Å²) in [5.41, 5.74) is 0.563. The molecule has 150 valence electrons. The molecule has 0 N–H and O–H groups in total. The molecule has 0 aliphatic heterocycles. The van der Waals surface area contributed by atoms with Crippen LogP contribution < -0.4 is 0 Å². The fourth-order valence-corrected chi connectivity index (χ4v) is 4.86. The third-order valence-electron chi connectivity index (χ3n) is 3.31. The van der Waals surface area contributed by atoms with Crippen LogP contribution in [0.1, 0.15) is 12.5 Å². The molecule has 0 aliphatic rings. The Hall–Kier alpha value is -2.92. The van der Waals surface area contributed by atoms with Gasteiger partial charge in [-0.2, -0.15) is 8.42 Å². The van der Waals surface area contributed by atoms with E-state index in [4.69, 9.17) is 4.74 Å². The number of nitrogens with zero attached hydrogens (tertiary/aromatic N) is 1. The zero-order valence-electron chi connectivity index (χ0n) is 14.9. The van der Waals surface area contributed by atoms with Crippen molar-refractivity contribution in [2.24, 2.45) is 0 Å². The van der Waals surface area contributed by atoms with Crippen molar-refractivity contribution in [1.82, 2.24) is 4.47 Å². The Balaban J connectivity index is 2.42. The Bertz CT molecular complexity index is 1080. The van der Waals surface area contributed by atoms with Crippen molar-refractivity contribution in [3.05, 3.63) is 60.2 Å². The summed E-state index contributed by atoms with van der Waals surface area (Å²) in [6.07, 6.45) is -0.687. The number of carbonyl (C=O) groups is 2. The van der Waals surface area contributed by atoms with Crippen LogP contribution in [-0.2, 0) is 40.8 Å². The molecule has 0 spiro atoms. The number of ether oxygens (including phenoxy) is 1. The predicted octanol–water partition coefficient (Wildman–Crippen LogP) is 1.90. The Kier molecular flexibility index (Phi) is 6.41. The highest BCUT2D eigenvalue weighted by molar-refractivity contribution is 7.93. The van der Waals surface area contributed by atoms with Gasteiger partial charge in [0.2, 0.25) is 0 Å². The lowest BCUT2D eigenvalue weighted by atomic mass is 10.2. The SMILES string of the molecule is CC(=O)ON(C(=O)OCc1ccccc1)S(=O)(=O)c1ccccc1S(C)(=O)=O. The Morgan fingerprint density at radius 2 is 1.43 bits per heavy atom. The summed E-state index contributed by atoms with van der Waals surface area (Å²) in [4.78, 5) is 26.9. The summed E-state index contributed by atoms with van der Waals surface area (Å²) < 4.78 is 54.2. The first-order valence-electron chi connectivity index (χ1n) is 7.77. The maximum atomic E-state index is 12.9. The summed E-state index contributed by atoms with van der Waals surface area (Å²) >= 11 is 0. The van der Waals surface area contributed by atoms with Crippen LogP contribution in [0, 0.1) is 0 Å². The molecule has 0 bridgehead atoms. The molecule has 2 rings (SSSR count). The summed E-state index contributed by atoms with van der Waals surface area (Å²) in [6, 6.07) is 13.0. The van der Waals surface area contributed by atoms with E-state index in [-0.39, 0.29) is 11.1 Å². The van der Waals surface area contributed by atoms with E-state index in [1.165, 1.54) is 12.1 Å². The van der Waals surface area contributed by atoms with Gasteiger partial charge in [-0.1, -0.05) is 42.5 Å². The van der Waals surface area contributed by atoms with Crippen LogP contribution in [0.15, 0.2) is 64.4 Å². The number of sulfone groups is 1. The van der Waals surface area contributed by atoms with Crippen molar-refractivity contribution in [3.63, 3.8) is 0 Å². The quantitative estimate of drug-likeness (QED) is 0.663. The summed E-state index contributed by atoms with van der Waals surface area (Å²) in [5, 5.41) is 0. The number of amides is 1. The number of hydrogen-bond donors (Lipinski definition) is 0. The molecule has 1 amide bonds. The molecular weight excluding hydrogens is 410 g/mol. The molecule has 28 heavy (non-hydrogen) atoms. The predicted molar refractivity (Wildman–Crippen MR) is 97.0 cm³/mol. The van der Waals surface area contributed by atoms with Gasteiger partial charge in [0.1, 0.15) is 11.5 Å². The average molecular weight is 427 g/mol. The van der Waals surface area contributed by atoms with E-state index in [0.29, 0.717) is 5.56 Å². The smallest absolute Gasteiger partial charge is 0.442 e. The standard InChI is InChI=1S/C17H17NO8S2/c1-13(19)26-18(17(20)25-12-14-8-4-3-5-9-14)28(23,24)16-11-7-6-10-15(16)27(2,21)22/h3-11H,12H2,1-2H3. The number of sulfonamides is 1. The number of hydroxylamine groups is 1. The maximum Gasteiger partial charge on any atom is 0.459 e. The van der Waals surface area contributed by atoms with Crippen LogP contribution in [0.4, 0.5) is 4.79 Å². The zero-order valence-corrected chi connectivity index (χ0v) is 16.6. The van der Waals surface area contributed by atoms with Crippen LogP contribution in [-0.4, -0.2) is 39.6 Å². The van der Waals surface area contributed by atoms with Crippen LogP contribution in [0.2, 0.25) is 0 Å². The van der Waals surface area contributed by atoms with Crippen molar-refractivity contribution in [2.45, 2.75) is 23.3 Å². The molecule has 0 fully saturated rings. The summed E-state index contributed by atoms with van der Waals surface area (Å²) in [6.45, 7) is 0.593. The second-order valence-corrected chi connectivity index (χ2v) is 9.28. The van der Waals surface area contributed by atoms with Gasteiger partial charge in [-0.3, -0.25) is 0 Å². The van der Waals surface area contributed by atoms with Gasteiger partial charge >= 0.3 is 22.1 Å². The van der Waals surface area contributed by atoms with Gasteiger partial charge in [0.15, 0.2) is 9.84 Å². The van der Waals surface area contributed by atoms with E-state index in [2.05, 4.69) is 4.84 Å². The van der Waals surface area contributed by atoms with Crippen molar-refractivity contribution in [1.29, 1.82) is 0 Å². The molecule has 0 aliphatic carbocycles. The lowest BCUT2D eigenvalue weighted by Crippen LogP contribution is -2.39. The van der Waals surface area contributed by atoms with Crippen LogP contribution >= 0.6 is 0 Å². The zero-order chi connectivity index (χ0) is 20.9. The minimum absolute atomic E-state index is 0.262. The lowest BCUT2D eigenvalue weighted by Gasteiger charge is -2.20. The number of hydrogen-bond acceptors (Lipinski definition) is 8.